The molecule has 0 radical (unpaired) electrons. The Labute approximate surface area is 85.3 Å². The van der Waals surface area contributed by atoms with Crippen LogP contribution in [0.25, 0.3) is 0 Å². The van der Waals surface area contributed by atoms with Gasteiger partial charge in [0.25, 0.3) is 0 Å². The molecule has 1 fully saturated rings. The maximum atomic E-state index is 11.9. The lowest BCUT2D eigenvalue weighted by atomic mass is 9.63. The number of nitrogens with one attached hydrogen (secondary N) is 1. The molecule has 0 bridgehead atoms. The molecular weight excluding hydrogens is 178 g/mol. The maximum absolute atomic E-state index is 11.9. The predicted molar refractivity (Wildman–Crippen MR) is 54.8 cm³/mol. The molecule has 1 rings (SSSR count). The van der Waals surface area contributed by atoms with E-state index in [1.54, 1.807) is 0 Å². The van der Waals surface area contributed by atoms with Crippen molar-refractivity contribution < 1.29 is 9.59 Å². The Balaban J connectivity index is 2.57. The summed E-state index contributed by atoms with van der Waals surface area (Å²) in [5, 5.41) is 2.76. The van der Waals surface area contributed by atoms with E-state index in [2.05, 4.69) is 5.32 Å². The Morgan fingerprint density at radius 2 is 1.93 bits per heavy atom. The van der Waals surface area contributed by atoms with Gasteiger partial charge >= 0.3 is 0 Å². The van der Waals surface area contributed by atoms with Gasteiger partial charge in [-0.2, -0.15) is 0 Å². The van der Waals surface area contributed by atoms with Crippen LogP contribution in [-0.4, -0.2) is 18.2 Å². The molecule has 3 nitrogen and oxygen atoms in total. The minimum atomic E-state index is -0.236. The topological polar surface area (TPSA) is 46.2 Å². The summed E-state index contributed by atoms with van der Waals surface area (Å²) in [7, 11) is 0. The molecule has 0 aromatic carbocycles. The Bertz CT molecular complexity index is 242. The van der Waals surface area contributed by atoms with Gasteiger partial charge in [0.05, 0.1) is 0 Å². The molecule has 0 spiro atoms. The first-order valence-electron chi connectivity index (χ1n) is 5.27. The fourth-order valence-electron chi connectivity index (χ4n) is 2.02. The van der Waals surface area contributed by atoms with Crippen molar-refractivity contribution in [3.05, 3.63) is 0 Å². The number of carbonyl (C=O) groups excluding carboxylic acids is 2. The smallest absolute Gasteiger partial charge is 0.216 e. The minimum absolute atomic E-state index is 0.0483. The molecule has 0 aliphatic heterocycles. The molecule has 1 saturated carbocycles. The van der Waals surface area contributed by atoms with Crippen LogP contribution < -0.4 is 5.32 Å². The second kappa shape index (κ2) is 4.11. The molecule has 0 heterocycles. The van der Waals surface area contributed by atoms with Gasteiger partial charge in [-0.05, 0) is 12.8 Å². The molecule has 0 aromatic heterocycles. The van der Waals surface area contributed by atoms with E-state index in [9.17, 15) is 9.59 Å². The first-order valence-corrected chi connectivity index (χ1v) is 5.27. The third-order valence-corrected chi connectivity index (χ3v) is 3.03. The van der Waals surface area contributed by atoms with Gasteiger partial charge < -0.3 is 5.32 Å². The van der Waals surface area contributed by atoms with Gasteiger partial charge in [0.2, 0.25) is 5.91 Å². The summed E-state index contributed by atoms with van der Waals surface area (Å²) in [6.45, 7) is 5.87. The van der Waals surface area contributed by atoms with Crippen LogP contribution in [0.3, 0.4) is 0 Å². The van der Waals surface area contributed by atoms with Crippen LogP contribution >= 0.6 is 0 Å². The molecule has 0 unspecified atom stereocenters. The van der Waals surface area contributed by atoms with E-state index in [0.717, 1.165) is 19.3 Å². The third-order valence-electron chi connectivity index (χ3n) is 3.03. The zero-order valence-corrected chi connectivity index (χ0v) is 9.22. The molecule has 3 heteroatoms. The predicted octanol–water partition coefficient (Wildman–Crippen LogP) is 1.52. The van der Waals surface area contributed by atoms with Crippen LogP contribution in [0, 0.1) is 11.3 Å². The van der Waals surface area contributed by atoms with Crippen molar-refractivity contribution in [1.29, 1.82) is 0 Å². The van der Waals surface area contributed by atoms with Crippen LogP contribution in [-0.2, 0) is 9.59 Å². The average Bonchev–Trinajstić information content (AvgIpc) is 2.01. The first-order chi connectivity index (χ1) is 6.48. The van der Waals surface area contributed by atoms with Crippen molar-refractivity contribution in [1.82, 2.24) is 5.32 Å². The Morgan fingerprint density at radius 3 is 2.21 bits per heavy atom. The van der Waals surface area contributed by atoms with Gasteiger partial charge in [0, 0.05) is 24.8 Å². The summed E-state index contributed by atoms with van der Waals surface area (Å²) >= 11 is 0. The van der Waals surface area contributed by atoms with E-state index >= 15 is 0 Å². The van der Waals surface area contributed by atoms with E-state index in [4.69, 9.17) is 0 Å². The summed E-state index contributed by atoms with van der Waals surface area (Å²) in [4.78, 5) is 22.7. The molecule has 80 valence electrons. The van der Waals surface area contributed by atoms with Gasteiger partial charge in [0.15, 0.2) is 0 Å². The lowest BCUT2D eigenvalue weighted by molar-refractivity contribution is -0.137. The summed E-state index contributed by atoms with van der Waals surface area (Å²) in [6.07, 6.45) is 2.98. The highest BCUT2D eigenvalue weighted by Gasteiger charge is 2.44. The number of ketones is 1. The zero-order valence-electron chi connectivity index (χ0n) is 9.22. The van der Waals surface area contributed by atoms with Crippen molar-refractivity contribution in [3.8, 4) is 0 Å². The fourth-order valence-corrected chi connectivity index (χ4v) is 2.02. The van der Waals surface area contributed by atoms with Gasteiger partial charge in [-0.25, -0.2) is 0 Å². The normalized spacial score (nSPS) is 18.9. The molecule has 1 amide bonds. The third kappa shape index (κ3) is 2.14. The SMILES string of the molecule is CC(=O)NCC1(C(=O)C(C)C)CCC1. The van der Waals surface area contributed by atoms with Gasteiger partial charge in [-0.3, -0.25) is 9.59 Å². The number of hydrogen-bond acceptors (Lipinski definition) is 2. The Hall–Kier alpha value is -0.860. The summed E-state index contributed by atoms with van der Waals surface area (Å²) in [5.74, 6) is 0.328. The average molecular weight is 197 g/mol. The highest BCUT2D eigenvalue weighted by Crippen LogP contribution is 2.42. The number of Topliss-reactive ketones (excluding diaryl/α,β-unsaturated/α-hetero) is 1. The quantitative estimate of drug-likeness (QED) is 0.742. The van der Waals surface area contributed by atoms with Crippen LogP contribution in [0.1, 0.15) is 40.0 Å². The van der Waals surface area contributed by atoms with Crippen molar-refractivity contribution in [2.45, 2.75) is 40.0 Å². The molecule has 1 N–H and O–H groups in total. The summed E-state index contributed by atoms with van der Waals surface area (Å²) in [5.41, 5.74) is -0.236. The van der Waals surface area contributed by atoms with E-state index < -0.39 is 0 Å². The Kier molecular flexibility index (Phi) is 3.29. The van der Waals surface area contributed by atoms with Crippen LogP contribution in [0.2, 0.25) is 0 Å². The van der Waals surface area contributed by atoms with Gasteiger partial charge in [-0.1, -0.05) is 20.3 Å². The van der Waals surface area contributed by atoms with Gasteiger partial charge in [0.1, 0.15) is 5.78 Å². The molecule has 1 aliphatic rings. The highest BCUT2D eigenvalue weighted by atomic mass is 16.1. The number of rotatable bonds is 4. The molecule has 0 saturated heterocycles. The number of carbonyl (C=O) groups is 2. The van der Waals surface area contributed by atoms with Crippen molar-refractivity contribution in [3.63, 3.8) is 0 Å². The van der Waals surface area contributed by atoms with Crippen LogP contribution in [0.5, 0.6) is 0 Å². The standard InChI is InChI=1S/C11H19NO2/c1-8(2)10(14)11(5-4-6-11)7-12-9(3)13/h8H,4-7H2,1-3H3,(H,12,13). The van der Waals surface area contributed by atoms with Crippen molar-refractivity contribution >= 4 is 11.7 Å². The molecule has 14 heavy (non-hydrogen) atoms. The molecule has 0 aromatic rings. The molecule has 0 atom stereocenters. The zero-order chi connectivity index (χ0) is 10.8. The van der Waals surface area contributed by atoms with Crippen molar-refractivity contribution in [2.24, 2.45) is 11.3 Å². The van der Waals surface area contributed by atoms with E-state index in [1.165, 1.54) is 6.92 Å². The monoisotopic (exact) mass is 197 g/mol. The highest BCUT2D eigenvalue weighted by molar-refractivity contribution is 5.88. The first kappa shape index (κ1) is 11.2. The van der Waals surface area contributed by atoms with E-state index in [0.29, 0.717) is 12.3 Å². The fraction of sp³-hybridized carbons (Fsp3) is 0.818. The number of amides is 1. The van der Waals surface area contributed by atoms with E-state index in [1.807, 2.05) is 13.8 Å². The summed E-state index contributed by atoms with van der Waals surface area (Å²) < 4.78 is 0. The van der Waals surface area contributed by atoms with Crippen LogP contribution in [0.15, 0.2) is 0 Å². The molecule has 1 aliphatic carbocycles. The lowest BCUT2D eigenvalue weighted by Gasteiger charge is -2.41. The Morgan fingerprint density at radius 1 is 1.36 bits per heavy atom. The van der Waals surface area contributed by atoms with Crippen molar-refractivity contribution in [2.75, 3.05) is 6.54 Å². The molecular formula is C11H19NO2. The second-order valence-corrected chi connectivity index (χ2v) is 4.56. The summed E-state index contributed by atoms with van der Waals surface area (Å²) in [6, 6.07) is 0. The maximum Gasteiger partial charge on any atom is 0.216 e. The number of hydrogen-bond donors (Lipinski definition) is 1. The van der Waals surface area contributed by atoms with Crippen LogP contribution in [0.4, 0.5) is 0 Å². The second-order valence-electron chi connectivity index (χ2n) is 4.56. The minimum Gasteiger partial charge on any atom is -0.355 e. The van der Waals surface area contributed by atoms with Gasteiger partial charge in [-0.15, -0.1) is 0 Å². The van der Waals surface area contributed by atoms with E-state index in [-0.39, 0.29) is 17.2 Å². The lowest BCUT2D eigenvalue weighted by Crippen LogP contribution is -2.48. The largest absolute Gasteiger partial charge is 0.355 e.